The van der Waals surface area contributed by atoms with Crippen LogP contribution in [0.5, 0.6) is 0 Å². The van der Waals surface area contributed by atoms with Crippen LogP contribution < -0.4 is 29.6 Å². The molecule has 0 saturated heterocycles. The number of halogens is 1. The minimum Gasteiger partial charge on any atom is -1.00 e. The Hall–Kier alpha value is -0.0300. The van der Waals surface area contributed by atoms with Gasteiger partial charge < -0.3 is 11.6 Å². The second-order valence-corrected chi connectivity index (χ2v) is 2.46. The van der Waals surface area contributed by atoms with Gasteiger partial charge >= 0.3 is 35.7 Å². The van der Waals surface area contributed by atoms with Gasteiger partial charge in [0.05, 0.1) is 0 Å². The van der Waals surface area contributed by atoms with Crippen LogP contribution in [0.3, 0.4) is 0 Å². The largest absolute Gasteiger partial charge is 1.00 e. The van der Waals surface area contributed by atoms with Crippen molar-refractivity contribution >= 4 is 22.1 Å². The first-order chi connectivity index (χ1) is 5.66. The van der Waals surface area contributed by atoms with Crippen molar-refractivity contribution in [3.05, 3.63) is 35.9 Å². The third kappa shape index (κ3) is 12.0. The van der Waals surface area contributed by atoms with E-state index in [2.05, 4.69) is 28.1 Å². The zero-order chi connectivity index (χ0) is 9.40. The molecule has 3 nitrogen and oxygen atoms in total. The van der Waals surface area contributed by atoms with E-state index in [1.165, 1.54) is 5.56 Å². The topological polar surface area (TPSA) is 57.5 Å². The summed E-state index contributed by atoms with van der Waals surface area (Å²) in [4.78, 5) is 8.56. The van der Waals surface area contributed by atoms with Crippen LogP contribution in [0.1, 0.15) is 6.99 Å². The van der Waals surface area contributed by atoms with Gasteiger partial charge in [-0.1, -0.05) is 46.3 Å². The molecule has 0 saturated carbocycles. The fourth-order valence-electron chi connectivity index (χ4n) is 0.567. The van der Waals surface area contributed by atoms with Crippen LogP contribution >= 0.6 is 15.9 Å². The maximum Gasteiger partial charge on any atom is 1.00 e. The van der Waals surface area contributed by atoms with Gasteiger partial charge in [-0.05, 0) is 5.56 Å². The van der Waals surface area contributed by atoms with Gasteiger partial charge in [0.15, 0.2) is 0 Å². The molecule has 0 radical (unpaired) electrons. The fourth-order valence-corrected chi connectivity index (χ4v) is 0.941. The van der Waals surface area contributed by atoms with E-state index in [0.29, 0.717) is 0 Å². The molecule has 1 rings (SSSR count). The number of hydrogen-bond donors (Lipinski definition) is 2. The van der Waals surface area contributed by atoms with E-state index >= 15 is 0 Å². The first-order valence-corrected chi connectivity index (χ1v) is 4.30. The first-order valence-electron chi connectivity index (χ1n) is 3.18. The van der Waals surface area contributed by atoms with E-state index in [9.17, 15) is 0 Å². The van der Waals surface area contributed by atoms with E-state index < -0.39 is 6.16 Å². The van der Waals surface area contributed by atoms with Crippen LogP contribution in [0.2, 0.25) is 0 Å². The molecule has 0 aliphatic heterocycles. The Morgan fingerprint density at radius 2 is 1.69 bits per heavy atom. The molecule has 0 spiro atoms. The summed E-state index contributed by atoms with van der Waals surface area (Å²) >= 11 is 3.36. The van der Waals surface area contributed by atoms with Crippen molar-refractivity contribution in [2.24, 2.45) is 0 Å². The number of carboxylic acid groups (broad SMARTS) is 2. The molecule has 5 heteroatoms. The molecule has 2 N–H and O–H groups in total. The second-order valence-electron chi connectivity index (χ2n) is 1.90. The summed E-state index contributed by atoms with van der Waals surface area (Å²) in [5.41, 5.74) is 1.33. The van der Waals surface area contributed by atoms with Crippen LogP contribution in [-0.4, -0.2) is 16.4 Å². The number of rotatable bonds is 1. The third-order valence-electron chi connectivity index (χ3n) is 0.997. The van der Waals surface area contributed by atoms with Gasteiger partial charge in [0.2, 0.25) is 0 Å². The normalized spacial score (nSPS) is 7.46. The average Bonchev–Trinajstić information content (AvgIpc) is 2.05. The predicted octanol–water partition coefficient (Wildman–Crippen LogP) is -0.0796. The van der Waals surface area contributed by atoms with E-state index in [1.54, 1.807) is 0 Å². The molecule has 0 aliphatic rings. The Morgan fingerprint density at radius 3 is 1.92 bits per heavy atom. The van der Waals surface area contributed by atoms with Gasteiger partial charge in [-0.2, -0.15) is 0 Å². The zero-order valence-electron chi connectivity index (χ0n) is 8.27. The van der Waals surface area contributed by atoms with E-state index in [1.807, 2.05) is 18.2 Å². The summed E-state index contributed by atoms with van der Waals surface area (Å²) in [7, 11) is 0. The summed E-state index contributed by atoms with van der Waals surface area (Å²) in [6.45, 7) is 0. The molecule has 0 bridgehead atoms. The molecular weight excluding hydrogens is 247 g/mol. The molecule has 0 heterocycles. The van der Waals surface area contributed by atoms with Gasteiger partial charge in [-0.3, -0.25) is 0 Å². The molecular formula is C8H10BrNaO3. The molecule has 0 atom stereocenters. The maximum absolute atomic E-state index is 8.56. The van der Waals surface area contributed by atoms with E-state index in [-0.39, 0.29) is 31.0 Å². The van der Waals surface area contributed by atoms with Crippen molar-refractivity contribution in [3.63, 3.8) is 0 Å². The van der Waals surface area contributed by atoms with Gasteiger partial charge in [-0.25, -0.2) is 4.79 Å². The van der Waals surface area contributed by atoms with Gasteiger partial charge in [0.1, 0.15) is 0 Å². The van der Waals surface area contributed by atoms with Gasteiger partial charge in [0, 0.05) is 5.33 Å². The van der Waals surface area contributed by atoms with Crippen molar-refractivity contribution in [1.82, 2.24) is 0 Å². The number of alkyl halides is 1. The van der Waals surface area contributed by atoms with E-state index in [0.717, 1.165) is 5.33 Å². The SMILES string of the molecule is BrCc1ccccc1.O=C(O)O.[H-].[Na+]. The van der Waals surface area contributed by atoms with Gasteiger partial charge in [0.25, 0.3) is 0 Å². The predicted molar refractivity (Wildman–Crippen MR) is 50.8 cm³/mol. The van der Waals surface area contributed by atoms with E-state index in [4.69, 9.17) is 15.0 Å². The van der Waals surface area contributed by atoms with Crippen LogP contribution in [0, 0.1) is 0 Å². The van der Waals surface area contributed by atoms with Crippen LogP contribution in [0.25, 0.3) is 0 Å². The third-order valence-corrected chi connectivity index (χ3v) is 1.64. The standard InChI is InChI=1S/C7H7Br.CH2O3.Na.H/c8-6-7-4-2-1-3-5-7;2-1(3)4;;/h1-5H,6H2;(H2,2,3,4);;/q;;+1;-1. The number of carbonyl (C=O) groups is 1. The molecule has 1 aromatic rings. The smallest absolute Gasteiger partial charge is 1.00 e. The summed E-state index contributed by atoms with van der Waals surface area (Å²) < 4.78 is 0. The summed E-state index contributed by atoms with van der Waals surface area (Å²) in [5, 5.41) is 14.9. The Labute approximate surface area is 109 Å². The first kappa shape index (κ1) is 15.4. The second kappa shape index (κ2) is 10.1. The van der Waals surface area contributed by atoms with Crippen LogP contribution in [0.15, 0.2) is 30.3 Å². The van der Waals surface area contributed by atoms with Crippen LogP contribution in [0.4, 0.5) is 4.79 Å². The number of hydrogen-bond acceptors (Lipinski definition) is 1. The average molecular weight is 257 g/mol. The number of benzene rings is 1. The minimum absolute atomic E-state index is 0. The van der Waals surface area contributed by atoms with Crippen molar-refractivity contribution < 1.29 is 46.0 Å². The van der Waals surface area contributed by atoms with Gasteiger partial charge in [-0.15, -0.1) is 0 Å². The molecule has 0 amide bonds. The Balaban J connectivity index is -0.000000180. The molecule has 1 aromatic carbocycles. The fraction of sp³-hybridized carbons (Fsp3) is 0.125. The van der Waals surface area contributed by atoms with Crippen LogP contribution in [-0.2, 0) is 5.33 Å². The summed E-state index contributed by atoms with van der Waals surface area (Å²) in [6.07, 6.45) is -1.83. The monoisotopic (exact) mass is 256 g/mol. The summed E-state index contributed by atoms with van der Waals surface area (Å²) in [6, 6.07) is 10.3. The molecule has 0 aliphatic carbocycles. The molecule has 68 valence electrons. The zero-order valence-corrected chi connectivity index (χ0v) is 10.9. The maximum atomic E-state index is 8.56. The Kier molecular flexibility index (Phi) is 11.9. The van der Waals surface area contributed by atoms with Crippen molar-refractivity contribution in [2.45, 2.75) is 5.33 Å². The molecule has 0 unspecified atom stereocenters. The quantitative estimate of drug-likeness (QED) is 0.546. The van der Waals surface area contributed by atoms with Crippen molar-refractivity contribution in [3.8, 4) is 0 Å². The molecule has 0 fully saturated rings. The molecule has 13 heavy (non-hydrogen) atoms. The van der Waals surface area contributed by atoms with Crippen molar-refractivity contribution in [2.75, 3.05) is 0 Å². The summed E-state index contributed by atoms with van der Waals surface area (Å²) in [5.74, 6) is 0. The Bertz CT molecular complexity index is 229. The minimum atomic E-state index is -1.83. The Morgan fingerprint density at radius 1 is 1.31 bits per heavy atom. The molecule has 0 aromatic heterocycles. The van der Waals surface area contributed by atoms with Crippen molar-refractivity contribution in [1.29, 1.82) is 0 Å².